The van der Waals surface area contributed by atoms with E-state index in [9.17, 15) is 4.39 Å². The van der Waals surface area contributed by atoms with Gasteiger partial charge in [0.2, 0.25) is 5.11 Å². The van der Waals surface area contributed by atoms with Crippen molar-refractivity contribution in [1.82, 2.24) is 10.7 Å². The molecule has 25 heavy (non-hydrogen) atoms. The maximum atomic E-state index is 12.9. The Balaban J connectivity index is 1.99. The van der Waals surface area contributed by atoms with Crippen LogP contribution in [-0.2, 0) is 6.61 Å². The Hall–Kier alpha value is -2.67. The number of rotatable bonds is 7. The molecule has 2 rings (SSSR count). The first-order chi connectivity index (χ1) is 12.1. The molecule has 0 radical (unpaired) electrons. The van der Waals surface area contributed by atoms with E-state index in [1.807, 2.05) is 25.1 Å². The zero-order chi connectivity index (χ0) is 18.1. The summed E-state index contributed by atoms with van der Waals surface area (Å²) >= 11 is 5.05. The molecular formula is C18H21FN3O2S+. The van der Waals surface area contributed by atoms with Crippen molar-refractivity contribution in [3.8, 4) is 11.5 Å². The lowest BCUT2D eigenvalue weighted by atomic mass is 10.2. The normalized spacial score (nSPS) is 10.5. The quantitative estimate of drug-likeness (QED) is 0.394. The second-order valence-corrected chi connectivity index (χ2v) is 5.51. The SMILES string of the molecule is CCNC(=S)N[NH+]=Cc1ccc(OCc2ccc(F)cc2)c(OC)c1. The van der Waals surface area contributed by atoms with Crippen molar-refractivity contribution in [3.05, 3.63) is 59.4 Å². The summed E-state index contributed by atoms with van der Waals surface area (Å²) in [5.74, 6) is 0.947. The van der Waals surface area contributed by atoms with Crippen molar-refractivity contribution in [2.24, 2.45) is 0 Å². The number of ether oxygens (including phenoxy) is 2. The van der Waals surface area contributed by atoms with Gasteiger partial charge in [-0.1, -0.05) is 12.1 Å². The molecule has 3 N–H and O–H groups in total. The van der Waals surface area contributed by atoms with Crippen molar-refractivity contribution in [1.29, 1.82) is 0 Å². The molecule has 0 atom stereocenters. The van der Waals surface area contributed by atoms with Gasteiger partial charge in [0, 0.05) is 12.1 Å². The number of methoxy groups -OCH3 is 1. The Labute approximate surface area is 151 Å². The van der Waals surface area contributed by atoms with Gasteiger partial charge in [0.05, 0.1) is 7.11 Å². The van der Waals surface area contributed by atoms with E-state index in [2.05, 4.69) is 15.8 Å². The van der Waals surface area contributed by atoms with Crippen LogP contribution in [-0.4, -0.2) is 25.0 Å². The highest BCUT2D eigenvalue weighted by Gasteiger charge is 2.07. The number of thiocarbonyl (C=S) groups is 1. The maximum absolute atomic E-state index is 12.9. The van der Waals surface area contributed by atoms with Gasteiger partial charge in [0.1, 0.15) is 12.4 Å². The van der Waals surface area contributed by atoms with Crippen LogP contribution in [0.25, 0.3) is 0 Å². The van der Waals surface area contributed by atoms with Crippen LogP contribution in [0.15, 0.2) is 42.5 Å². The highest BCUT2D eigenvalue weighted by atomic mass is 32.1. The van der Waals surface area contributed by atoms with Gasteiger partial charge in [0.25, 0.3) is 0 Å². The fourth-order valence-electron chi connectivity index (χ4n) is 2.02. The molecule has 0 amide bonds. The van der Waals surface area contributed by atoms with E-state index < -0.39 is 0 Å². The number of hydrogen-bond donors (Lipinski definition) is 3. The number of benzene rings is 2. The topological polar surface area (TPSA) is 56.5 Å². The number of nitrogens with one attached hydrogen (secondary N) is 3. The van der Waals surface area contributed by atoms with Crippen LogP contribution in [0.4, 0.5) is 4.39 Å². The highest BCUT2D eigenvalue weighted by Crippen LogP contribution is 2.28. The summed E-state index contributed by atoms with van der Waals surface area (Å²) in [6, 6.07) is 11.7. The Morgan fingerprint density at radius 3 is 2.64 bits per heavy atom. The van der Waals surface area contributed by atoms with E-state index in [4.69, 9.17) is 21.7 Å². The summed E-state index contributed by atoms with van der Waals surface area (Å²) in [6.45, 7) is 3.05. The molecule has 0 aromatic heterocycles. The molecule has 0 spiro atoms. The van der Waals surface area contributed by atoms with Crippen LogP contribution >= 0.6 is 12.2 Å². The lowest BCUT2D eigenvalue weighted by molar-refractivity contribution is -0.500. The molecule has 5 nitrogen and oxygen atoms in total. The molecule has 0 aliphatic rings. The molecule has 0 aliphatic heterocycles. The molecule has 0 saturated heterocycles. The first kappa shape index (κ1) is 18.7. The molecule has 0 bridgehead atoms. The third-order valence-electron chi connectivity index (χ3n) is 3.26. The minimum Gasteiger partial charge on any atom is -0.493 e. The Morgan fingerprint density at radius 1 is 1.20 bits per heavy atom. The first-order valence-corrected chi connectivity index (χ1v) is 8.21. The minimum atomic E-state index is -0.268. The van der Waals surface area contributed by atoms with Crippen LogP contribution in [0.1, 0.15) is 18.1 Å². The van der Waals surface area contributed by atoms with Crippen LogP contribution in [0.5, 0.6) is 11.5 Å². The van der Waals surface area contributed by atoms with Crippen molar-refractivity contribution in [2.75, 3.05) is 13.7 Å². The molecule has 0 saturated carbocycles. The van der Waals surface area contributed by atoms with Gasteiger partial charge >= 0.3 is 0 Å². The summed E-state index contributed by atoms with van der Waals surface area (Å²) in [5, 5.41) is 6.40. The third kappa shape index (κ3) is 6.04. The molecule has 2 aromatic carbocycles. The van der Waals surface area contributed by atoms with Gasteiger partial charge in [-0.15, -0.1) is 10.5 Å². The minimum absolute atomic E-state index is 0.268. The van der Waals surface area contributed by atoms with Crippen LogP contribution in [0, 0.1) is 5.82 Å². The predicted octanol–water partition coefficient (Wildman–Crippen LogP) is 1.31. The lowest BCUT2D eigenvalue weighted by Crippen LogP contribution is -2.82. The van der Waals surface area contributed by atoms with Crippen molar-refractivity contribution >= 4 is 23.5 Å². The summed E-state index contributed by atoms with van der Waals surface area (Å²) < 4.78 is 24.0. The Bertz CT molecular complexity index is 736. The maximum Gasteiger partial charge on any atom is 0.223 e. The fraction of sp³-hybridized carbons (Fsp3) is 0.222. The van der Waals surface area contributed by atoms with E-state index in [1.165, 1.54) is 12.1 Å². The van der Waals surface area contributed by atoms with Gasteiger partial charge in [-0.3, -0.25) is 0 Å². The summed E-state index contributed by atoms with van der Waals surface area (Å²) in [6.07, 6.45) is 1.76. The molecule has 0 aliphatic carbocycles. The van der Waals surface area contributed by atoms with E-state index in [0.717, 1.165) is 17.7 Å². The van der Waals surface area contributed by atoms with Gasteiger partial charge in [-0.05, 0) is 55.0 Å². The van der Waals surface area contributed by atoms with E-state index in [-0.39, 0.29) is 5.82 Å². The largest absolute Gasteiger partial charge is 0.493 e. The van der Waals surface area contributed by atoms with Gasteiger partial charge in [0.15, 0.2) is 17.7 Å². The Morgan fingerprint density at radius 2 is 1.96 bits per heavy atom. The summed E-state index contributed by atoms with van der Waals surface area (Å²) in [4.78, 5) is 0. The van der Waals surface area contributed by atoms with E-state index in [1.54, 1.807) is 25.5 Å². The monoisotopic (exact) mass is 362 g/mol. The molecule has 132 valence electrons. The molecule has 7 heteroatoms. The molecule has 0 fully saturated rings. The number of halogens is 1. The zero-order valence-electron chi connectivity index (χ0n) is 14.1. The number of hydrogen-bond acceptors (Lipinski definition) is 3. The van der Waals surface area contributed by atoms with Gasteiger partial charge in [-0.2, -0.15) is 0 Å². The first-order valence-electron chi connectivity index (χ1n) is 7.80. The standard InChI is InChI=1S/C18H20FN3O2S/c1-3-20-18(25)22-21-11-14-6-9-16(17(10-14)23-2)24-12-13-4-7-15(19)8-5-13/h4-11H,3,12H2,1-2H3,(H2,20,22,25)/p+1. The van der Waals surface area contributed by atoms with Crippen molar-refractivity contribution in [3.63, 3.8) is 0 Å². The second-order valence-electron chi connectivity index (χ2n) is 5.10. The van der Waals surface area contributed by atoms with E-state index in [0.29, 0.717) is 23.2 Å². The smallest absolute Gasteiger partial charge is 0.223 e. The van der Waals surface area contributed by atoms with Crippen molar-refractivity contribution < 1.29 is 19.0 Å². The van der Waals surface area contributed by atoms with Gasteiger partial charge in [-0.25, -0.2) is 4.39 Å². The Kier molecular flexibility index (Phi) is 7.16. The second kappa shape index (κ2) is 9.58. The third-order valence-corrected chi connectivity index (χ3v) is 3.50. The lowest BCUT2D eigenvalue weighted by Gasteiger charge is -2.11. The number of hydrazine groups is 1. The average molecular weight is 362 g/mol. The molecule has 0 heterocycles. The average Bonchev–Trinajstić information content (AvgIpc) is 2.62. The van der Waals surface area contributed by atoms with Crippen molar-refractivity contribution in [2.45, 2.75) is 13.5 Å². The zero-order valence-corrected chi connectivity index (χ0v) is 15.0. The predicted molar refractivity (Wildman–Crippen MR) is 99.3 cm³/mol. The van der Waals surface area contributed by atoms with Crippen LogP contribution in [0.3, 0.4) is 0 Å². The summed E-state index contributed by atoms with van der Waals surface area (Å²) in [5.41, 5.74) is 4.61. The molecule has 0 unspecified atom stereocenters. The van der Waals surface area contributed by atoms with Crippen LogP contribution in [0.2, 0.25) is 0 Å². The molecule has 2 aromatic rings. The summed E-state index contributed by atoms with van der Waals surface area (Å²) in [7, 11) is 1.58. The highest BCUT2D eigenvalue weighted by molar-refractivity contribution is 7.80. The molecular weight excluding hydrogens is 341 g/mol. The fourth-order valence-corrected chi connectivity index (χ4v) is 2.23. The van der Waals surface area contributed by atoms with Gasteiger partial charge < -0.3 is 14.8 Å². The number of hydrazone groups is 1. The van der Waals surface area contributed by atoms with Crippen LogP contribution < -0.4 is 25.3 Å². The van der Waals surface area contributed by atoms with E-state index >= 15 is 0 Å².